The van der Waals surface area contributed by atoms with Gasteiger partial charge < -0.3 is 9.16 Å². The van der Waals surface area contributed by atoms with Gasteiger partial charge in [0.15, 0.2) is 8.32 Å². The van der Waals surface area contributed by atoms with Gasteiger partial charge in [0.2, 0.25) is 0 Å². The van der Waals surface area contributed by atoms with Crippen LogP contribution in [0.4, 0.5) is 0 Å². The number of hydrogen-bond donors (Lipinski definition) is 0. The average Bonchev–Trinajstić information content (AvgIpc) is 2.62. The molecule has 0 aliphatic rings. The molecule has 0 aliphatic carbocycles. The van der Waals surface area contributed by atoms with Crippen LogP contribution in [0.25, 0.3) is 0 Å². The fourth-order valence-electron chi connectivity index (χ4n) is 2.90. The molecule has 1 aromatic rings. The molecule has 0 amide bonds. The molecule has 0 bridgehead atoms. The fraction of sp³-hybridized carbons (Fsp3) is 0.615. The standard InChI is InChI=1S/C26H46O2Si2/c1-21(20-23-14-16-24(27-6)17-15-23)12-13-22(2)25(18-19-29(7,8)9)28-30(10,11)26(3,4)5/h12-19,21-22,25H,20H2,1-11H3/b13-12+,19-18+/t21-,22-,25-/m1/s1. The highest BCUT2D eigenvalue weighted by Gasteiger charge is 2.39. The number of rotatable bonds is 10. The topological polar surface area (TPSA) is 18.5 Å². The van der Waals surface area contributed by atoms with Crippen molar-refractivity contribution in [1.29, 1.82) is 0 Å². The summed E-state index contributed by atoms with van der Waals surface area (Å²) in [5.74, 6) is 1.75. The van der Waals surface area contributed by atoms with E-state index < -0.39 is 16.4 Å². The summed E-state index contributed by atoms with van der Waals surface area (Å²) < 4.78 is 12.1. The second kappa shape index (κ2) is 11.0. The first-order valence-electron chi connectivity index (χ1n) is 11.3. The Balaban J connectivity index is 2.90. The quantitative estimate of drug-likeness (QED) is 0.269. The summed E-state index contributed by atoms with van der Waals surface area (Å²) in [6, 6.07) is 8.40. The second-order valence-electron chi connectivity index (χ2n) is 11.3. The Bertz CT molecular complexity index is 691. The van der Waals surface area contributed by atoms with Crippen LogP contribution in [0.3, 0.4) is 0 Å². The summed E-state index contributed by atoms with van der Waals surface area (Å²) in [4.78, 5) is 0. The summed E-state index contributed by atoms with van der Waals surface area (Å²) in [6.45, 7) is 23.4. The molecule has 3 atom stereocenters. The van der Waals surface area contributed by atoms with Crippen LogP contribution < -0.4 is 4.74 Å². The minimum Gasteiger partial charge on any atom is -0.497 e. The van der Waals surface area contributed by atoms with E-state index in [2.05, 4.69) is 103 Å². The third kappa shape index (κ3) is 9.36. The SMILES string of the molecule is COc1ccc(C[C@H](C)/C=C/[C@@H](C)[C@@H](/C=C/[Si](C)(C)C)O[Si](C)(C)C(C)(C)C)cc1. The number of allylic oxidation sites excluding steroid dienone is 1. The fourth-order valence-corrected chi connectivity index (χ4v) is 4.99. The third-order valence-corrected chi connectivity index (χ3v) is 11.7. The lowest BCUT2D eigenvalue weighted by atomic mass is 9.97. The summed E-state index contributed by atoms with van der Waals surface area (Å²) in [5, 5.41) is 0.212. The van der Waals surface area contributed by atoms with Gasteiger partial charge >= 0.3 is 0 Å². The van der Waals surface area contributed by atoms with Crippen molar-refractivity contribution in [3.63, 3.8) is 0 Å². The van der Waals surface area contributed by atoms with Gasteiger partial charge in [-0.2, -0.15) is 0 Å². The van der Waals surface area contributed by atoms with E-state index in [-0.39, 0.29) is 11.1 Å². The van der Waals surface area contributed by atoms with Gasteiger partial charge in [0.05, 0.1) is 21.3 Å². The van der Waals surface area contributed by atoms with Crippen LogP contribution in [0.15, 0.2) is 48.2 Å². The number of benzene rings is 1. The van der Waals surface area contributed by atoms with Crippen molar-refractivity contribution in [2.45, 2.75) is 84.9 Å². The molecule has 1 aromatic carbocycles. The van der Waals surface area contributed by atoms with E-state index in [1.54, 1.807) is 7.11 Å². The molecule has 0 saturated carbocycles. The molecule has 0 unspecified atom stereocenters. The Hall–Kier alpha value is -1.11. The van der Waals surface area contributed by atoms with Gasteiger partial charge in [-0.25, -0.2) is 0 Å². The Kier molecular flexibility index (Phi) is 9.84. The van der Waals surface area contributed by atoms with E-state index in [4.69, 9.17) is 9.16 Å². The van der Waals surface area contributed by atoms with Crippen molar-refractivity contribution in [1.82, 2.24) is 0 Å². The molecule has 0 heterocycles. The highest BCUT2D eigenvalue weighted by atomic mass is 28.4. The Morgan fingerprint density at radius 3 is 1.93 bits per heavy atom. The van der Waals surface area contributed by atoms with E-state index in [1.807, 2.05) is 12.1 Å². The summed E-state index contributed by atoms with van der Waals surface area (Å²) in [5.41, 5.74) is 3.78. The van der Waals surface area contributed by atoms with E-state index in [1.165, 1.54) is 5.56 Å². The van der Waals surface area contributed by atoms with Crippen LogP contribution in [0.1, 0.15) is 40.2 Å². The van der Waals surface area contributed by atoms with Crippen LogP contribution >= 0.6 is 0 Å². The van der Waals surface area contributed by atoms with Crippen molar-refractivity contribution in [3.8, 4) is 5.75 Å². The summed E-state index contributed by atoms with van der Waals surface area (Å²) in [6.07, 6.45) is 8.25. The normalized spacial score (nSPS) is 16.8. The van der Waals surface area contributed by atoms with Crippen LogP contribution in [-0.4, -0.2) is 29.6 Å². The van der Waals surface area contributed by atoms with Crippen LogP contribution in [-0.2, 0) is 10.8 Å². The zero-order valence-corrected chi connectivity index (χ0v) is 23.4. The molecular formula is C26H46O2Si2. The lowest BCUT2D eigenvalue weighted by molar-refractivity contribution is 0.190. The molecule has 30 heavy (non-hydrogen) atoms. The lowest BCUT2D eigenvalue weighted by Gasteiger charge is -2.40. The zero-order chi connectivity index (χ0) is 23.2. The number of ether oxygens (including phenoxy) is 1. The molecular weight excluding hydrogens is 400 g/mol. The molecule has 0 radical (unpaired) electrons. The van der Waals surface area contributed by atoms with E-state index >= 15 is 0 Å². The Morgan fingerprint density at radius 2 is 1.47 bits per heavy atom. The Labute approximate surface area is 188 Å². The first kappa shape index (κ1) is 26.9. The molecule has 2 nitrogen and oxygen atoms in total. The number of methoxy groups -OCH3 is 1. The highest BCUT2D eigenvalue weighted by Crippen LogP contribution is 2.38. The minimum absolute atomic E-state index is 0.141. The maximum absolute atomic E-state index is 6.84. The van der Waals surface area contributed by atoms with Gasteiger partial charge in [0, 0.05) is 5.92 Å². The molecule has 4 heteroatoms. The number of hydrogen-bond acceptors (Lipinski definition) is 2. The van der Waals surface area contributed by atoms with Crippen molar-refractivity contribution >= 4 is 16.4 Å². The monoisotopic (exact) mass is 446 g/mol. The first-order chi connectivity index (χ1) is 13.6. The summed E-state index contributed by atoms with van der Waals surface area (Å²) in [7, 11) is -1.40. The smallest absolute Gasteiger partial charge is 0.192 e. The molecule has 0 aromatic heterocycles. The van der Waals surface area contributed by atoms with Gasteiger partial charge in [-0.05, 0) is 48.2 Å². The predicted molar refractivity (Wildman–Crippen MR) is 139 cm³/mol. The third-order valence-electron chi connectivity index (χ3n) is 6.00. The maximum Gasteiger partial charge on any atom is 0.192 e. The van der Waals surface area contributed by atoms with E-state index in [0.717, 1.165) is 12.2 Å². The van der Waals surface area contributed by atoms with Crippen LogP contribution in [0, 0.1) is 11.8 Å². The molecule has 0 fully saturated rings. The second-order valence-corrected chi connectivity index (χ2v) is 21.2. The van der Waals surface area contributed by atoms with Crippen molar-refractivity contribution in [2.24, 2.45) is 11.8 Å². The highest BCUT2D eigenvalue weighted by molar-refractivity contribution is 6.81. The van der Waals surface area contributed by atoms with E-state index in [0.29, 0.717) is 11.8 Å². The van der Waals surface area contributed by atoms with Gasteiger partial charge in [-0.1, -0.05) is 90.3 Å². The van der Waals surface area contributed by atoms with Crippen molar-refractivity contribution in [3.05, 3.63) is 53.8 Å². The van der Waals surface area contributed by atoms with Crippen molar-refractivity contribution in [2.75, 3.05) is 7.11 Å². The largest absolute Gasteiger partial charge is 0.497 e. The lowest BCUT2D eigenvalue weighted by Crippen LogP contribution is -2.45. The predicted octanol–water partition coefficient (Wildman–Crippen LogP) is 7.89. The summed E-state index contributed by atoms with van der Waals surface area (Å²) >= 11 is 0. The molecule has 0 N–H and O–H groups in total. The molecule has 170 valence electrons. The van der Waals surface area contributed by atoms with Gasteiger partial charge in [-0.15, -0.1) is 0 Å². The first-order valence-corrected chi connectivity index (χ1v) is 17.8. The van der Waals surface area contributed by atoms with Crippen molar-refractivity contribution < 1.29 is 9.16 Å². The molecule has 0 aliphatic heterocycles. The van der Waals surface area contributed by atoms with Crippen LogP contribution in [0.2, 0.25) is 37.8 Å². The van der Waals surface area contributed by atoms with E-state index in [9.17, 15) is 0 Å². The van der Waals surface area contributed by atoms with Crippen LogP contribution in [0.5, 0.6) is 5.75 Å². The Morgan fingerprint density at radius 1 is 0.900 bits per heavy atom. The molecule has 0 saturated heterocycles. The van der Waals surface area contributed by atoms with Gasteiger partial charge in [-0.3, -0.25) is 0 Å². The zero-order valence-electron chi connectivity index (χ0n) is 21.4. The van der Waals surface area contributed by atoms with Gasteiger partial charge in [0.1, 0.15) is 5.75 Å². The average molecular weight is 447 g/mol. The molecule has 1 rings (SSSR count). The molecule has 0 spiro atoms. The minimum atomic E-state index is -1.83. The van der Waals surface area contributed by atoms with Gasteiger partial charge in [0.25, 0.3) is 0 Å². The maximum atomic E-state index is 6.84.